The van der Waals surface area contributed by atoms with Crippen LogP contribution in [-0.4, -0.2) is 49.7 Å². The highest BCUT2D eigenvalue weighted by atomic mass is 32.2. The number of fused-ring (bicyclic) bond motifs is 1. The quantitative estimate of drug-likeness (QED) is 0.711. The molecule has 0 saturated carbocycles. The average Bonchev–Trinajstić information content (AvgIpc) is 3.26. The van der Waals surface area contributed by atoms with Crippen LogP contribution in [0.4, 0.5) is 0 Å². The van der Waals surface area contributed by atoms with Crippen molar-refractivity contribution in [3.63, 3.8) is 0 Å². The van der Waals surface area contributed by atoms with Crippen molar-refractivity contribution < 1.29 is 13.2 Å². The van der Waals surface area contributed by atoms with Crippen molar-refractivity contribution in [1.29, 1.82) is 5.26 Å². The first-order valence-electron chi connectivity index (χ1n) is 10.1. The van der Waals surface area contributed by atoms with E-state index >= 15 is 0 Å². The summed E-state index contributed by atoms with van der Waals surface area (Å²) < 4.78 is 27.5. The van der Waals surface area contributed by atoms with E-state index in [0.29, 0.717) is 23.5 Å². The van der Waals surface area contributed by atoms with Crippen LogP contribution in [-0.2, 0) is 27.7 Å². The number of sulfonamides is 1. The number of hydrogen-bond donors (Lipinski definition) is 0. The molecule has 1 aliphatic carbocycles. The fourth-order valence-electron chi connectivity index (χ4n) is 3.95. The molecule has 0 N–H and O–H groups in total. The van der Waals surface area contributed by atoms with Gasteiger partial charge in [0.1, 0.15) is 0 Å². The van der Waals surface area contributed by atoms with Crippen molar-refractivity contribution in [2.24, 2.45) is 0 Å². The molecule has 4 rings (SSSR count). The molecular formula is C23H23N3O3S. The van der Waals surface area contributed by atoms with Crippen molar-refractivity contribution in [3.8, 4) is 6.07 Å². The number of piperazine rings is 1. The maximum atomic E-state index is 13.0. The van der Waals surface area contributed by atoms with E-state index in [0.717, 1.165) is 30.4 Å². The van der Waals surface area contributed by atoms with Crippen LogP contribution in [0.3, 0.4) is 0 Å². The summed E-state index contributed by atoms with van der Waals surface area (Å²) in [5.41, 5.74) is 3.79. The van der Waals surface area contributed by atoms with Gasteiger partial charge in [0.2, 0.25) is 15.9 Å². The Morgan fingerprint density at radius 2 is 1.67 bits per heavy atom. The van der Waals surface area contributed by atoms with E-state index in [9.17, 15) is 13.2 Å². The van der Waals surface area contributed by atoms with Crippen LogP contribution < -0.4 is 0 Å². The Hall–Kier alpha value is -2.95. The first kappa shape index (κ1) is 20.3. The van der Waals surface area contributed by atoms with Crippen LogP contribution >= 0.6 is 0 Å². The number of carbonyl (C=O) groups is 1. The lowest BCUT2D eigenvalue weighted by Gasteiger charge is -2.33. The number of aryl methyl sites for hydroxylation is 2. The highest BCUT2D eigenvalue weighted by molar-refractivity contribution is 7.89. The molecule has 2 aliphatic rings. The third kappa shape index (κ3) is 4.16. The van der Waals surface area contributed by atoms with E-state index < -0.39 is 10.0 Å². The molecule has 1 amide bonds. The van der Waals surface area contributed by atoms with E-state index in [1.54, 1.807) is 41.3 Å². The predicted molar refractivity (Wildman–Crippen MR) is 114 cm³/mol. The normalized spacial score (nSPS) is 17.1. The summed E-state index contributed by atoms with van der Waals surface area (Å²) in [6.45, 7) is 1.30. The minimum atomic E-state index is -3.54. The molecule has 0 bridgehead atoms. The minimum absolute atomic E-state index is 0.145. The van der Waals surface area contributed by atoms with Gasteiger partial charge >= 0.3 is 0 Å². The molecule has 0 unspecified atom stereocenters. The van der Waals surface area contributed by atoms with Crippen molar-refractivity contribution in [2.75, 3.05) is 26.2 Å². The number of carbonyl (C=O) groups excluding carboxylic acids is 1. The molecule has 1 aliphatic heterocycles. The lowest BCUT2D eigenvalue weighted by atomic mass is 10.1. The summed E-state index contributed by atoms with van der Waals surface area (Å²) in [5.74, 6) is -0.145. The van der Waals surface area contributed by atoms with Crippen molar-refractivity contribution in [1.82, 2.24) is 9.21 Å². The Labute approximate surface area is 177 Å². The van der Waals surface area contributed by atoms with Gasteiger partial charge in [-0.25, -0.2) is 8.42 Å². The predicted octanol–water partition coefficient (Wildman–Crippen LogP) is 2.59. The van der Waals surface area contributed by atoms with Crippen molar-refractivity contribution in [2.45, 2.75) is 24.2 Å². The summed E-state index contributed by atoms with van der Waals surface area (Å²) in [6.07, 6.45) is 6.23. The molecule has 1 saturated heterocycles. The van der Waals surface area contributed by atoms with Gasteiger partial charge in [-0.05, 0) is 66.3 Å². The van der Waals surface area contributed by atoms with E-state index in [4.69, 9.17) is 5.26 Å². The van der Waals surface area contributed by atoms with Crippen LogP contribution in [0.2, 0.25) is 0 Å². The van der Waals surface area contributed by atoms with Crippen LogP contribution in [0.5, 0.6) is 0 Å². The zero-order chi connectivity index (χ0) is 21.1. The summed E-state index contributed by atoms with van der Waals surface area (Å²) in [7, 11) is -3.54. The minimum Gasteiger partial charge on any atom is -0.337 e. The van der Waals surface area contributed by atoms with Gasteiger partial charge in [-0.2, -0.15) is 9.57 Å². The van der Waals surface area contributed by atoms with Gasteiger partial charge in [0.15, 0.2) is 0 Å². The van der Waals surface area contributed by atoms with Crippen LogP contribution in [0.25, 0.3) is 6.08 Å². The second kappa shape index (κ2) is 8.42. The van der Waals surface area contributed by atoms with Gasteiger partial charge in [-0.1, -0.05) is 18.2 Å². The van der Waals surface area contributed by atoms with E-state index in [1.807, 2.05) is 12.1 Å². The Bertz CT molecular complexity index is 1120. The van der Waals surface area contributed by atoms with Crippen molar-refractivity contribution >= 4 is 22.0 Å². The molecule has 7 heteroatoms. The van der Waals surface area contributed by atoms with E-state index in [2.05, 4.69) is 6.07 Å². The smallest absolute Gasteiger partial charge is 0.246 e. The van der Waals surface area contributed by atoms with Gasteiger partial charge in [-0.3, -0.25) is 4.79 Å². The summed E-state index contributed by atoms with van der Waals surface area (Å²) >= 11 is 0. The van der Waals surface area contributed by atoms with Gasteiger partial charge in [-0.15, -0.1) is 0 Å². The highest BCUT2D eigenvalue weighted by Crippen LogP contribution is 2.26. The Balaban J connectivity index is 1.37. The molecule has 2 aromatic carbocycles. The summed E-state index contributed by atoms with van der Waals surface area (Å²) in [4.78, 5) is 14.5. The lowest BCUT2D eigenvalue weighted by Crippen LogP contribution is -2.50. The molecule has 0 spiro atoms. The Morgan fingerprint density at radius 1 is 0.967 bits per heavy atom. The second-order valence-electron chi connectivity index (χ2n) is 7.58. The van der Waals surface area contributed by atoms with Crippen molar-refractivity contribution in [3.05, 3.63) is 70.8 Å². The average molecular weight is 422 g/mol. The number of nitrogens with zero attached hydrogens (tertiary/aromatic N) is 3. The molecule has 0 aromatic heterocycles. The fourth-order valence-corrected chi connectivity index (χ4v) is 5.42. The fraction of sp³-hybridized carbons (Fsp3) is 0.304. The van der Waals surface area contributed by atoms with Crippen LogP contribution in [0.1, 0.15) is 28.7 Å². The standard InChI is InChI=1S/C23H23N3O3S/c24-17-19-6-4-18(5-7-19)8-11-23(27)25-12-14-26(15-13-25)30(28,29)22-10-9-20-2-1-3-21(20)16-22/h4-11,16H,1-3,12-15H2. The molecule has 0 atom stereocenters. The maximum Gasteiger partial charge on any atom is 0.246 e. The molecule has 1 fully saturated rings. The zero-order valence-corrected chi connectivity index (χ0v) is 17.4. The van der Waals surface area contributed by atoms with E-state index in [-0.39, 0.29) is 19.0 Å². The van der Waals surface area contributed by atoms with Gasteiger partial charge in [0, 0.05) is 32.3 Å². The number of amides is 1. The molecule has 154 valence electrons. The zero-order valence-electron chi connectivity index (χ0n) is 16.6. The SMILES string of the molecule is N#Cc1ccc(C=CC(=O)N2CCN(S(=O)(=O)c3ccc4c(c3)CCC4)CC2)cc1. The Kier molecular flexibility index (Phi) is 5.71. The first-order valence-corrected chi connectivity index (χ1v) is 11.5. The molecular weight excluding hydrogens is 398 g/mol. The van der Waals surface area contributed by atoms with Gasteiger partial charge in [0.25, 0.3) is 0 Å². The summed E-state index contributed by atoms with van der Waals surface area (Å²) in [6, 6.07) is 14.5. The molecule has 6 nitrogen and oxygen atoms in total. The molecule has 2 aromatic rings. The van der Waals surface area contributed by atoms with Gasteiger partial charge in [0.05, 0.1) is 16.5 Å². The first-order chi connectivity index (χ1) is 14.5. The van der Waals surface area contributed by atoms with Crippen LogP contribution in [0, 0.1) is 11.3 Å². The lowest BCUT2D eigenvalue weighted by molar-refractivity contribution is -0.127. The summed E-state index contributed by atoms with van der Waals surface area (Å²) in [5, 5.41) is 8.83. The number of rotatable bonds is 4. The number of nitriles is 1. The highest BCUT2D eigenvalue weighted by Gasteiger charge is 2.30. The molecule has 30 heavy (non-hydrogen) atoms. The molecule has 1 heterocycles. The van der Waals surface area contributed by atoms with Gasteiger partial charge < -0.3 is 4.90 Å². The maximum absolute atomic E-state index is 13.0. The van der Waals surface area contributed by atoms with E-state index in [1.165, 1.54) is 15.9 Å². The monoisotopic (exact) mass is 421 g/mol. The number of hydrogen-bond acceptors (Lipinski definition) is 4. The largest absolute Gasteiger partial charge is 0.337 e. The Morgan fingerprint density at radius 3 is 2.37 bits per heavy atom. The molecule has 0 radical (unpaired) electrons. The topological polar surface area (TPSA) is 81.5 Å². The van der Waals surface area contributed by atoms with Crippen LogP contribution in [0.15, 0.2) is 53.4 Å². The third-order valence-corrected chi connectivity index (χ3v) is 7.61. The number of benzene rings is 2. The third-order valence-electron chi connectivity index (χ3n) is 5.72. The second-order valence-corrected chi connectivity index (χ2v) is 9.52.